The van der Waals surface area contributed by atoms with Gasteiger partial charge in [-0.2, -0.15) is 17.8 Å². The highest BCUT2D eigenvalue weighted by Gasteiger charge is 2.32. The second-order valence-electron chi connectivity index (χ2n) is 7.42. The minimum absolute atomic E-state index is 0.0705. The number of hydrogen-bond donors (Lipinski definition) is 1. The maximum atomic E-state index is 12.7. The van der Waals surface area contributed by atoms with Gasteiger partial charge in [-0.15, -0.1) is 4.40 Å². The van der Waals surface area contributed by atoms with Crippen LogP contribution in [0.3, 0.4) is 0 Å². The zero-order chi connectivity index (χ0) is 21.1. The quantitative estimate of drug-likeness (QED) is 0.577. The van der Waals surface area contributed by atoms with Crippen LogP contribution in [-0.4, -0.2) is 49.0 Å². The first-order valence-electron chi connectivity index (χ1n) is 9.96. The van der Waals surface area contributed by atoms with Gasteiger partial charge in [-0.25, -0.2) is 5.01 Å². The maximum absolute atomic E-state index is 12.7. The Morgan fingerprint density at radius 3 is 2.37 bits per heavy atom. The van der Waals surface area contributed by atoms with Crippen molar-refractivity contribution in [2.24, 2.45) is 15.2 Å². The molecule has 0 radical (unpaired) electrons. The molecule has 1 saturated heterocycles. The monoisotopic (exact) mass is 445 g/mol. The molecule has 2 aliphatic rings. The first-order valence-corrected chi connectivity index (χ1v) is 11.7. The molecule has 1 unspecified atom stereocenters. The third-order valence-electron chi connectivity index (χ3n) is 5.37. The third-order valence-corrected chi connectivity index (χ3v) is 7.06. The lowest BCUT2D eigenvalue weighted by Crippen LogP contribution is -2.38. The lowest BCUT2D eigenvalue weighted by atomic mass is 9.91. The minimum Gasteiger partial charge on any atom is -0.367 e. The van der Waals surface area contributed by atoms with E-state index >= 15 is 0 Å². The largest absolute Gasteiger partial charge is 0.367 e. The Kier molecular flexibility index (Phi) is 6.08. The zero-order valence-corrected chi connectivity index (χ0v) is 18.1. The summed E-state index contributed by atoms with van der Waals surface area (Å²) in [5, 5.41) is 6.76. The molecule has 9 heteroatoms. The fourth-order valence-corrected chi connectivity index (χ4v) is 5.08. The van der Waals surface area contributed by atoms with Gasteiger partial charge in [0.05, 0.1) is 12.3 Å². The van der Waals surface area contributed by atoms with Crippen molar-refractivity contribution in [3.05, 3.63) is 70.7 Å². The zero-order valence-electron chi connectivity index (χ0n) is 16.5. The van der Waals surface area contributed by atoms with E-state index in [1.807, 2.05) is 54.6 Å². The third kappa shape index (κ3) is 4.50. The smallest absolute Gasteiger partial charge is 0.325 e. The van der Waals surface area contributed by atoms with E-state index in [1.165, 1.54) is 9.31 Å². The fourth-order valence-electron chi connectivity index (χ4n) is 3.79. The van der Waals surface area contributed by atoms with Gasteiger partial charge in [0.25, 0.3) is 0 Å². The van der Waals surface area contributed by atoms with Gasteiger partial charge in [0, 0.05) is 24.0 Å². The molecule has 2 aromatic rings. The molecule has 0 aliphatic carbocycles. The van der Waals surface area contributed by atoms with Gasteiger partial charge >= 0.3 is 10.2 Å². The highest BCUT2D eigenvalue weighted by Crippen LogP contribution is 2.29. The van der Waals surface area contributed by atoms with E-state index in [2.05, 4.69) is 9.50 Å². The SMILES string of the molecule is N/C(=N\S(=O)(=O)N1CCCCC1)N1CC(c2ccccc2)C(c2ccc(Cl)cc2)=N1. The van der Waals surface area contributed by atoms with Gasteiger partial charge in [0.2, 0.25) is 5.96 Å². The second-order valence-corrected chi connectivity index (χ2v) is 9.46. The van der Waals surface area contributed by atoms with Crippen LogP contribution in [-0.2, 0) is 10.2 Å². The lowest BCUT2D eigenvalue weighted by molar-refractivity contribution is 0.346. The molecular weight excluding hydrogens is 422 g/mol. The molecule has 1 fully saturated rings. The molecule has 0 amide bonds. The van der Waals surface area contributed by atoms with Crippen LogP contribution in [0.5, 0.6) is 0 Å². The number of hydrogen-bond acceptors (Lipinski definition) is 3. The van der Waals surface area contributed by atoms with Crippen LogP contribution in [0.15, 0.2) is 64.1 Å². The van der Waals surface area contributed by atoms with Crippen LogP contribution in [0.4, 0.5) is 0 Å². The molecule has 0 bridgehead atoms. The molecule has 2 N–H and O–H groups in total. The van der Waals surface area contributed by atoms with Gasteiger partial charge in [-0.1, -0.05) is 60.5 Å². The number of nitrogens with two attached hydrogens (primary N) is 1. The van der Waals surface area contributed by atoms with Crippen LogP contribution in [0, 0.1) is 0 Å². The van der Waals surface area contributed by atoms with E-state index in [9.17, 15) is 8.42 Å². The summed E-state index contributed by atoms with van der Waals surface area (Å²) < 4.78 is 30.6. The molecule has 30 heavy (non-hydrogen) atoms. The fraction of sp³-hybridized carbons (Fsp3) is 0.333. The van der Waals surface area contributed by atoms with E-state index in [1.54, 1.807) is 0 Å². The van der Waals surface area contributed by atoms with Crippen molar-refractivity contribution in [1.82, 2.24) is 9.31 Å². The summed E-state index contributed by atoms with van der Waals surface area (Å²) in [6, 6.07) is 17.4. The topological polar surface area (TPSA) is 91.4 Å². The van der Waals surface area contributed by atoms with Crippen LogP contribution in [0.1, 0.15) is 36.3 Å². The highest BCUT2D eigenvalue weighted by atomic mass is 35.5. The standard InChI is InChI=1S/C21H24ClN5O2S/c22-18-11-9-17(10-12-18)20-19(16-7-3-1-4-8-16)15-27(24-20)21(23)25-30(28,29)26-13-5-2-6-14-26/h1,3-4,7-12,19H,2,5-6,13-15H2,(H2,23,25). The van der Waals surface area contributed by atoms with Crippen molar-refractivity contribution in [3.63, 3.8) is 0 Å². The average molecular weight is 446 g/mol. The van der Waals surface area contributed by atoms with E-state index < -0.39 is 10.2 Å². The Labute approximate surface area is 182 Å². The van der Waals surface area contributed by atoms with Gasteiger partial charge in [-0.05, 0) is 36.1 Å². The minimum atomic E-state index is -3.82. The molecule has 1 atom stereocenters. The van der Waals surface area contributed by atoms with Crippen molar-refractivity contribution in [1.29, 1.82) is 0 Å². The van der Waals surface area contributed by atoms with Crippen LogP contribution < -0.4 is 5.73 Å². The summed E-state index contributed by atoms with van der Waals surface area (Å²) in [7, 11) is -3.82. The van der Waals surface area contributed by atoms with Crippen LogP contribution >= 0.6 is 11.6 Å². The number of hydrazone groups is 1. The summed E-state index contributed by atoms with van der Waals surface area (Å²) in [4.78, 5) is 0. The molecule has 158 valence electrons. The van der Waals surface area contributed by atoms with E-state index in [-0.39, 0.29) is 11.9 Å². The Bertz CT molecular complexity index is 1050. The number of piperidine rings is 1. The number of nitrogens with zero attached hydrogens (tertiary/aromatic N) is 4. The first kappa shape index (κ1) is 20.8. The van der Waals surface area contributed by atoms with E-state index in [4.69, 9.17) is 17.3 Å². The normalized spacial score (nSPS) is 21.0. The van der Waals surface area contributed by atoms with Gasteiger partial charge < -0.3 is 5.73 Å². The van der Waals surface area contributed by atoms with Crippen LogP contribution in [0.2, 0.25) is 5.02 Å². The highest BCUT2D eigenvalue weighted by molar-refractivity contribution is 7.87. The van der Waals surface area contributed by atoms with E-state index in [0.29, 0.717) is 24.7 Å². The summed E-state index contributed by atoms with van der Waals surface area (Å²) in [6.45, 7) is 1.36. The van der Waals surface area contributed by atoms with Crippen molar-refractivity contribution in [2.75, 3.05) is 19.6 Å². The molecule has 2 aromatic carbocycles. The summed E-state index contributed by atoms with van der Waals surface area (Å²) >= 11 is 6.04. The van der Waals surface area contributed by atoms with Gasteiger partial charge in [0.15, 0.2) is 0 Å². The Morgan fingerprint density at radius 1 is 1.03 bits per heavy atom. The average Bonchev–Trinajstić information content (AvgIpc) is 3.21. The van der Waals surface area contributed by atoms with E-state index in [0.717, 1.165) is 36.1 Å². The molecule has 2 aliphatic heterocycles. The number of benzene rings is 2. The first-order chi connectivity index (χ1) is 14.4. The Balaban J connectivity index is 1.65. The summed E-state index contributed by atoms with van der Waals surface area (Å²) in [6.07, 6.45) is 2.71. The Hall–Kier alpha value is -2.42. The predicted molar refractivity (Wildman–Crippen MR) is 120 cm³/mol. The number of halogens is 1. The van der Waals surface area contributed by atoms with Crippen molar-refractivity contribution >= 4 is 33.5 Å². The molecule has 2 heterocycles. The Morgan fingerprint density at radius 2 is 1.70 bits per heavy atom. The molecule has 0 saturated carbocycles. The van der Waals surface area contributed by atoms with Crippen LogP contribution in [0.25, 0.3) is 0 Å². The second kappa shape index (κ2) is 8.75. The van der Waals surface area contributed by atoms with Crippen molar-refractivity contribution in [2.45, 2.75) is 25.2 Å². The van der Waals surface area contributed by atoms with Crippen molar-refractivity contribution < 1.29 is 8.42 Å². The molecule has 7 nitrogen and oxygen atoms in total. The number of guanidine groups is 1. The molecule has 0 spiro atoms. The predicted octanol–water partition coefficient (Wildman–Crippen LogP) is 3.19. The lowest BCUT2D eigenvalue weighted by Gasteiger charge is -2.24. The molecule has 0 aromatic heterocycles. The maximum Gasteiger partial charge on any atom is 0.325 e. The van der Waals surface area contributed by atoms with Gasteiger partial charge in [0.1, 0.15) is 0 Å². The summed E-state index contributed by atoms with van der Waals surface area (Å²) in [5.41, 5.74) is 8.89. The summed E-state index contributed by atoms with van der Waals surface area (Å²) in [5.74, 6) is -0.190. The van der Waals surface area contributed by atoms with Crippen molar-refractivity contribution in [3.8, 4) is 0 Å². The molecular formula is C21H24ClN5O2S. The van der Waals surface area contributed by atoms with Gasteiger partial charge in [-0.3, -0.25) is 0 Å². The molecule has 4 rings (SSSR count). The number of rotatable bonds is 4.